The van der Waals surface area contributed by atoms with Gasteiger partial charge in [0.15, 0.2) is 0 Å². The van der Waals surface area contributed by atoms with Crippen molar-refractivity contribution in [1.82, 2.24) is 4.98 Å². The molecule has 0 bridgehead atoms. The van der Waals surface area contributed by atoms with Crippen LogP contribution in [0.15, 0.2) is 84.9 Å². The fourth-order valence-electron chi connectivity index (χ4n) is 4.26. The molecule has 29 heavy (non-hydrogen) atoms. The number of hydrogen-bond donors (Lipinski definition) is 1. The number of rotatable bonds is 6. The number of carbonyl (C=O) groups is 2. The Morgan fingerprint density at radius 2 is 1.28 bits per heavy atom. The lowest BCUT2D eigenvalue weighted by Gasteiger charge is -2.25. The van der Waals surface area contributed by atoms with E-state index in [0.29, 0.717) is 0 Å². The number of fused-ring (bicyclic) bond motifs is 1. The van der Waals surface area contributed by atoms with Crippen molar-refractivity contribution in [3.63, 3.8) is 0 Å². The Morgan fingerprint density at radius 1 is 0.724 bits per heavy atom. The Hall–Kier alpha value is -3.46. The number of aromatic amines is 1. The van der Waals surface area contributed by atoms with E-state index in [0.717, 1.165) is 33.3 Å². The van der Waals surface area contributed by atoms with Crippen molar-refractivity contribution in [3.8, 4) is 11.3 Å². The first-order valence-electron chi connectivity index (χ1n) is 9.79. The third-order valence-corrected chi connectivity index (χ3v) is 5.49. The van der Waals surface area contributed by atoms with E-state index < -0.39 is 5.92 Å². The van der Waals surface area contributed by atoms with E-state index in [1.165, 1.54) is 13.8 Å². The second-order valence-electron chi connectivity index (χ2n) is 7.41. The van der Waals surface area contributed by atoms with Crippen LogP contribution >= 0.6 is 0 Å². The number of carbonyl (C=O) groups excluding carboxylic acids is 2. The van der Waals surface area contributed by atoms with Gasteiger partial charge in [0.2, 0.25) is 0 Å². The maximum Gasteiger partial charge on any atom is 0.141 e. The largest absolute Gasteiger partial charge is 0.354 e. The summed E-state index contributed by atoms with van der Waals surface area (Å²) in [5.74, 6) is -1.33. The van der Waals surface area contributed by atoms with E-state index >= 15 is 0 Å². The number of ketones is 2. The Kier molecular flexibility index (Phi) is 5.13. The summed E-state index contributed by atoms with van der Waals surface area (Å²) in [6.45, 7) is 3.03. The van der Waals surface area contributed by atoms with Gasteiger partial charge in [-0.3, -0.25) is 9.59 Å². The molecule has 0 spiro atoms. The number of benzene rings is 3. The minimum Gasteiger partial charge on any atom is -0.354 e. The monoisotopic (exact) mass is 381 g/mol. The molecular weight excluding hydrogens is 358 g/mol. The summed E-state index contributed by atoms with van der Waals surface area (Å²) in [4.78, 5) is 28.8. The summed E-state index contributed by atoms with van der Waals surface area (Å²) in [5, 5.41) is 1.03. The van der Waals surface area contributed by atoms with Crippen LogP contribution in [0.5, 0.6) is 0 Å². The van der Waals surface area contributed by atoms with Crippen molar-refractivity contribution < 1.29 is 9.59 Å². The third kappa shape index (κ3) is 3.52. The number of aromatic nitrogens is 1. The molecule has 0 fully saturated rings. The molecule has 1 N–H and O–H groups in total. The minimum atomic E-state index is -0.737. The van der Waals surface area contributed by atoms with E-state index in [9.17, 15) is 9.59 Å². The van der Waals surface area contributed by atoms with Gasteiger partial charge in [-0.25, -0.2) is 0 Å². The summed E-state index contributed by atoms with van der Waals surface area (Å²) in [7, 11) is 0. The number of hydrogen-bond acceptors (Lipinski definition) is 2. The molecule has 1 unspecified atom stereocenters. The third-order valence-electron chi connectivity index (χ3n) is 5.49. The maximum atomic E-state index is 12.6. The zero-order valence-electron chi connectivity index (χ0n) is 16.6. The lowest BCUT2D eigenvalue weighted by Crippen LogP contribution is -2.28. The molecule has 144 valence electrons. The van der Waals surface area contributed by atoms with Gasteiger partial charge in [0.25, 0.3) is 0 Å². The first-order chi connectivity index (χ1) is 14.1. The lowest BCUT2D eigenvalue weighted by molar-refractivity contribution is -0.130. The number of H-pyrrole nitrogens is 1. The fourth-order valence-corrected chi connectivity index (χ4v) is 4.26. The summed E-state index contributed by atoms with van der Waals surface area (Å²) in [6.07, 6.45) is 0. The molecule has 1 atom stereocenters. The molecule has 0 radical (unpaired) electrons. The van der Waals surface area contributed by atoms with Gasteiger partial charge in [0.1, 0.15) is 11.6 Å². The van der Waals surface area contributed by atoms with E-state index in [-0.39, 0.29) is 17.5 Å². The van der Waals surface area contributed by atoms with Crippen molar-refractivity contribution in [2.24, 2.45) is 5.92 Å². The summed E-state index contributed by atoms with van der Waals surface area (Å²) < 4.78 is 0. The van der Waals surface area contributed by atoms with Gasteiger partial charge >= 0.3 is 0 Å². The molecule has 0 aliphatic rings. The SMILES string of the molecule is CC(=O)C(C(C)=O)C(c1ccccc1)c1c(-c2ccccc2)[nH]c2ccccc12. The molecule has 0 aliphatic heterocycles. The predicted molar refractivity (Wildman–Crippen MR) is 117 cm³/mol. The number of para-hydroxylation sites is 1. The van der Waals surface area contributed by atoms with Crippen LogP contribution in [0.2, 0.25) is 0 Å². The maximum absolute atomic E-state index is 12.6. The van der Waals surface area contributed by atoms with Crippen LogP contribution in [0.3, 0.4) is 0 Å². The molecule has 0 saturated carbocycles. The summed E-state index contributed by atoms with van der Waals surface area (Å²) >= 11 is 0. The Bertz CT molecular complexity index is 1150. The molecule has 4 rings (SSSR count). The van der Waals surface area contributed by atoms with Gasteiger partial charge < -0.3 is 4.98 Å². The molecule has 4 aromatic rings. The van der Waals surface area contributed by atoms with Crippen molar-refractivity contribution in [1.29, 1.82) is 0 Å². The van der Waals surface area contributed by atoms with E-state index in [2.05, 4.69) is 11.1 Å². The average molecular weight is 381 g/mol. The highest BCUT2D eigenvalue weighted by atomic mass is 16.1. The standard InChI is InChI=1S/C26H23NO2/c1-17(28)23(18(2)29)24(19-11-5-3-6-12-19)25-21-15-9-10-16-22(21)27-26(25)20-13-7-4-8-14-20/h3-16,23-24,27H,1-2H3. The van der Waals surface area contributed by atoms with Gasteiger partial charge in [-0.15, -0.1) is 0 Å². The van der Waals surface area contributed by atoms with Gasteiger partial charge in [0, 0.05) is 16.8 Å². The van der Waals surface area contributed by atoms with E-state index in [4.69, 9.17) is 0 Å². The number of Topliss-reactive ketones (excluding diaryl/α,β-unsaturated/α-hetero) is 2. The molecule has 0 saturated heterocycles. The Labute approximate surface area is 170 Å². The Balaban J connectivity index is 2.07. The smallest absolute Gasteiger partial charge is 0.141 e. The first kappa shape index (κ1) is 18.9. The van der Waals surface area contributed by atoms with Crippen LogP contribution in [0.25, 0.3) is 22.2 Å². The highest BCUT2D eigenvalue weighted by molar-refractivity contribution is 6.03. The van der Waals surface area contributed by atoms with Crippen LogP contribution in [-0.4, -0.2) is 16.6 Å². The minimum absolute atomic E-state index is 0.115. The second-order valence-corrected chi connectivity index (χ2v) is 7.41. The highest BCUT2D eigenvalue weighted by Gasteiger charge is 2.35. The van der Waals surface area contributed by atoms with E-state index in [1.54, 1.807) is 0 Å². The predicted octanol–water partition coefficient (Wildman–Crippen LogP) is 5.76. The Morgan fingerprint density at radius 3 is 1.90 bits per heavy atom. The first-order valence-corrected chi connectivity index (χ1v) is 9.79. The molecule has 0 amide bonds. The average Bonchev–Trinajstić information content (AvgIpc) is 3.12. The van der Waals surface area contributed by atoms with Crippen LogP contribution in [0.4, 0.5) is 0 Å². The summed E-state index contributed by atoms with van der Waals surface area (Å²) in [6, 6.07) is 28.0. The molecule has 1 aromatic heterocycles. The highest BCUT2D eigenvalue weighted by Crippen LogP contribution is 2.43. The van der Waals surface area contributed by atoms with Crippen LogP contribution in [0, 0.1) is 5.92 Å². The molecular formula is C26H23NO2. The van der Waals surface area contributed by atoms with Crippen LogP contribution < -0.4 is 0 Å². The fraction of sp³-hybridized carbons (Fsp3) is 0.154. The van der Waals surface area contributed by atoms with E-state index in [1.807, 2.05) is 78.9 Å². The topological polar surface area (TPSA) is 49.9 Å². The van der Waals surface area contributed by atoms with Crippen molar-refractivity contribution in [3.05, 3.63) is 96.1 Å². The van der Waals surface area contributed by atoms with Gasteiger partial charge in [-0.05, 0) is 36.6 Å². The molecule has 0 aliphatic carbocycles. The molecule has 3 heteroatoms. The van der Waals surface area contributed by atoms with Gasteiger partial charge in [-0.1, -0.05) is 78.9 Å². The molecule has 1 heterocycles. The summed E-state index contributed by atoms with van der Waals surface area (Å²) in [5.41, 5.74) is 4.94. The van der Waals surface area contributed by atoms with Crippen LogP contribution in [0.1, 0.15) is 30.9 Å². The normalized spacial score (nSPS) is 12.2. The van der Waals surface area contributed by atoms with Crippen LogP contribution in [-0.2, 0) is 9.59 Å². The zero-order chi connectivity index (χ0) is 20.4. The van der Waals surface area contributed by atoms with Crippen molar-refractivity contribution in [2.45, 2.75) is 19.8 Å². The van der Waals surface area contributed by atoms with Gasteiger partial charge in [-0.2, -0.15) is 0 Å². The van der Waals surface area contributed by atoms with Gasteiger partial charge in [0.05, 0.1) is 11.6 Å². The van der Waals surface area contributed by atoms with Crippen molar-refractivity contribution >= 4 is 22.5 Å². The lowest BCUT2D eigenvalue weighted by atomic mass is 9.75. The number of nitrogens with one attached hydrogen (secondary N) is 1. The second kappa shape index (κ2) is 7.88. The molecule has 3 aromatic carbocycles. The van der Waals surface area contributed by atoms with Crippen molar-refractivity contribution in [2.75, 3.05) is 0 Å². The quantitative estimate of drug-likeness (QED) is 0.432. The zero-order valence-corrected chi connectivity index (χ0v) is 16.6. The molecule has 3 nitrogen and oxygen atoms in total.